The highest BCUT2D eigenvalue weighted by Gasteiger charge is 2.17. The highest BCUT2D eigenvalue weighted by Crippen LogP contribution is 2.04. The lowest BCUT2D eigenvalue weighted by Gasteiger charge is -2.33. The molecule has 2 N–H and O–H groups in total. The van der Waals surface area contributed by atoms with E-state index >= 15 is 0 Å². The molecule has 0 spiro atoms. The number of piperazine rings is 1. The summed E-state index contributed by atoms with van der Waals surface area (Å²) in [6, 6.07) is 0.293. The van der Waals surface area contributed by atoms with Gasteiger partial charge < -0.3 is 15.3 Å². The second-order valence-electron chi connectivity index (χ2n) is 4.32. The maximum Gasteiger partial charge on any atom is 0.0597 e. The molecule has 3 nitrogen and oxygen atoms in total. The Bertz CT molecular complexity index is 139. The van der Waals surface area contributed by atoms with Crippen molar-refractivity contribution in [2.75, 3.05) is 32.8 Å². The van der Waals surface area contributed by atoms with Gasteiger partial charge in [0.2, 0.25) is 0 Å². The molecule has 1 unspecified atom stereocenters. The highest BCUT2D eigenvalue weighted by atomic mass is 16.3. The first-order valence-electron chi connectivity index (χ1n) is 5.29. The molecule has 1 aliphatic rings. The van der Waals surface area contributed by atoms with Gasteiger partial charge in [0, 0.05) is 25.7 Å². The third kappa shape index (κ3) is 4.07. The SMILES string of the molecule is CC(C)CCN1CCNC(CO)C1. The lowest BCUT2D eigenvalue weighted by atomic mass is 10.1. The zero-order valence-corrected chi connectivity index (χ0v) is 8.79. The molecule has 1 aliphatic heterocycles. The van der Waals surface area contributed by atoms with E-state index < -0.39 is 0 Å². The van der Waals surface area contributed by atoms with E-state index in [0.717, 1.165) is 25.6 Å². The van der Waals surface area contributed by atoms with Crippen LogP contribution in [0.4, 0.5) is 0 Å². The molecule has 0 aromatic rings. The predicted octanol–water partition coefficient (Wildman–Crippen LogP) is 0.299. The molecule has 0 aliphatic carbocycles. The van der Waals surface area contributed by atoms with Gasteiger partial charge in [-0.05, 0) is 18.9 Å². The van der Waals surface area contributed by atoms with Crippen LogP contribution in [0.5, 0.6) is 0 Å². The van der Waals surface area contributed by atoms with Crippen LogP contribution in [0.2, 0.25) is 0 Å². The average molecular weight is 186 g/mol. The fraction of sp³-hybridized carbons (Fsp3) is 1.00. The molecule has 0 aromatic carbocycles. The van der Waals surface area contributed by atoms with Gasteiger partial charge in [0.1, 0.15) is 0 Å². The third-order valence-corrected chi connectivity index (χ3v) is 2.58. The first-order chi connectivity index (χ1) is 6.22. The summed E-state index contributed by atoms with van der Waals surface area (Å²) in [6.45, 7) is 9.10. The summed E-state index contributed by atoms with van der Waals surface area (Å²) < 4.78 is 0. The van der Waals surface area contributed by atoms with E-state index in [9.17, 15) is 0 Å². The zero-order valence-electron chi connectivity index (χ0n) is 8.79. The van der Waals surface area contributed by atoms with Gasteiger partial charge in [-0.25, -0.2) is 0 Å². The van der Waals surface area contributed by atoms with Gasteiger partial charge in [-0.3, -0.25) is 0 Å². The molecule has 0 amide bonds. The molecule has 1 rings (SSSR count). The Morgan fingerprint density at radius 3 is 2.92 bits per heavy atom. The van der Waals surface area contributed by atoms with E-state index in [1.165, 1.54) is 13.0 Å². The Morgan fingerprint density at radius 1 is 1.54 bits per heavy atom. The first-order valence-corrected chi connectivity index (χ1v) is 5.29. The first kappa shape index (κ1) is 11.0. The smallest absolute Gasteiger partial charge is 0.0597 e. The maximum atomic E-state index is 9.00. The van der Waals surface area contributed by atoms with Crippen molar-refractivity contribution in [2.45, 2.75) is 26.3 Å². The number of hydrogen-bond acceptors (Lipinski definition) is 3. The Hall–Kier alpha value is -0.120. The second kappa shape index (κ2) is 5.58. The van der Waals surface area contributed by atoms with Crippen molar-refractivity contribution in [3.8, 4) is 0 Å². The standard InChI is InChI=1S/C10H22N2O/c1-9(2)3-5-12-6-4-11-10(7-12)8-13/h9-11,13H,3-8H2,1-2H3. The minimum atomic E-state index is 0.262. The fourth-order valence-electron chi connectivity index (χ4n) is 1.66. The van der Waals surface area contributed by atoms with Crippen molar-refractivity contribution in [1.29, 1.82) is 0 Å². The molecular formula is C10H22N2O. The predicted molar refractivity (Wildman–Crippen MR) is 54.8 cm³/mol. The van der Waals surface area contributed by atoms with Gasteiger partial charge in [-0.2, -0.15) is 0 Å². The number of rotatable bonds is 4. The van der Waals surface area contributed by atoms with E-state index in [1.54, 1.807) is 0 Å². The van der Waals surface area contributed by atoms with Crippen molar-refractivity contribution >= 4 is 0 Å². The molecule has 1 atom stereocenters. The molecule has 0 saturated carbocycles. The van der Waals surface area contributed by atoms with E-state index in [2.05, 4.69) is 24.1 Å². The summed E-state index contributed by atoms with van der Waals surface area (Å²) in [5.41, 5.74) is 0. The second-order valence-corrected chi connectivity index (χ2v) is 4.32. The van der Waals surface area contributed by atoms with E-state index in [1.807, 2.05) is 0 Å². The van der Waals surface area contributed by atoms with Crippen molar-refractivity contribution in [1.82, 2.24) is 10.2 Å². The largest absolute Gasteiger partial charge is 0.395 e. The number of aliphatic hydroxyl groups excluding tert-OH is 1. The number of aliphatic hydroxyl groups is 1. The molecular weight excluding hydrogens is 164 g/mol. The van der Waals surface area contributed by atoms with Crippen LogP contribution < -0.4 is 5.32 Å². The molecule has 1 fully saturated rings. The quantitative estimate of drug-likeness (QED) is 0.663. The minimum Gasteiger partial charge on any atom is -0.395 e. The van der Waals surface area contributed by atoms with Gasteiger partial charge in [0.05, 0.1) is 6.61 Å². The maximum absolute atomic E-state index is 9.00. The molecule has 0 bridgehead atoms. The summed E-state index contributed by atoms with van der Waals surface area (Å²) in [5, 5.41) is 12.3. The Balaban J connectivity index is 2.18. The van der Waals surface area contributed by atoms with Gasteiger partial charge in [-0.1, -0.05) is 13.8 Å². The van der Waals surface area contributed by atoms with E-state index in [4.69, 9.17) is 5.11 Å². The van der Waals surface area contributed by atoms with E-state index in [0.29, 0.717) is 6.04 Å². The zero-order chi connectivity index (χ0) is 9.68. The van der Waals surface area contributed by atoms with Gasteiger partial charge in [-0.15, -0.1) is 0 Å². The highest BCUT2D eigenvalue weighted by molar-refractivity contribution is 4.77. The van der Waals surface area contributed by atoms with Crippen molar-refractivity contribution in [3.63, 3.8) is 0 Å². The van der Waals surface area contributed by atoms with Gasteiger partial charge in [0.15, 0.2) is 0 Å². The lowest BCUT2D eigenvalue weighted by Crippen LogP contribution is -2.52. The van der Waals surface area contributed by atoms with Crippen LogP contribution >= 0.6 is 0 Å². The molecule has 78 valence electrons. The monoisotopic (exact) mass is 186 g/mol. The molecule has 3 heteroatoms. The number of nitrogens with zero attached hydrogens (tertiary/aromatic N) is 1. The summed E-state index contributed by atoms with van der Waals surface area (Å²) >= 11 is 0. The van der Waals surface area contributed by atoms with Crippen LogP contribution in [0, 0.1) is 5.92 Å². The molecule has 0 aromatic heterocycles. The summed E-state index contributed by atoms with van der Waals surface area (Å²) in [7, 11) is 0. The van der Waals surface area contributed by atoms with Crippen LogP contribution in [0.15, 0.2) is 0 Å². The van der Waals surface area contributed by atoms with Gasteiger partial charge in [0.25, 0.3) is 0 Å². The van der Waals surface area contributed by atoms with Crippen LogP contribution in [-0.4, -0.2) is 48.8 Å². The molecule has 13 heavy (non-hydrogen) atoms. The lowest BCUT2D eigenvalue weighted by molar-refractivity contribution is 0.144. The summed E-state index contributed by atoms with van der Waals surface area (Å²) in [6.07, 6.45) is 1.26. The summed E-state index contributed by atoms with van der Waals surface area (Å²) in [4.78, 5) is 2.44. The Kier molecular flexibility index (Phi) is 4.70. The number of nitrogens with one attached hydrogen (secondary N) is 1. The van der Waals surface area contributed by atoms with Crippen molar-refractivity contribution < 1.29 is 5.11 Å². The molecule has 1 saturated heterocycles. The van der Waals surface area contributed by atoms with Gasteiger partial charge >= 0.3 is 0 Å². The van der Waals surface area contributed by atoms with Crippen LogP contribution in [-0.2, 0) is 0 Å². The Labute approximate surface area is 81.1 Å². The molecule has 0 radical (unpaired) electrons. The van der Waals surface area contributed by atoms with Crippen LogP contribution in [0.3, 0.4) is 0 Å². The normalized spacial score (nSPS) is 25.4. The fourth-order valence-corrected chi connectivity index (χ4v) is 1.66. The average Bonchev–Trinajstić information content (AvgIpc) is 2.15. The summed E-state index contributed by atoms with van der Waals surface area (Å²) in [5.74, 6) is 0.780. The number of hydrogen-bond donors (Lipinski definition) is 2. The third-order valence-electron chi connectivity index (χ3n) is 2.58. The van der Waals surface area contributed by atoms with Crippen LogP contribution in [0.25, 0.3) is 0 Å². The van der Waals surface area contributed by atoms with Crippen LogP contribution in [0.1, 0.15) is 20.3 Å². The Morgan fingerprint density at radius 2 is 2.31 bits per heavy atom. The topological polar surface area (TPSA) is 35.5 Å². The van der Waals surface area contributed by atoms with Crippen molar-refractivity contribution in [3.05, 3.63) is 0 Å². The molecule has 1 heterocycles. The van der Waals surface area contributed by atoms with Crippen molar-refractivity contribution in [2.24, 2.45) is 5.92 Å². The minimum absolute atomic E-state index is 0.262. The van der Waals surface area contributed by atoms with E-state index in [-0.39, 0.29) is 6.61 Å².